The summed E-state index contributed by atoms with van der Waals surface area (Å²) < 4.78 is 5.32. The van der Waals surface area contributed by atoms with Crippen LogP contribution in [0.3, 0.4) is 0 Å². The number of hydrogen-bond acceptors (Lipinski definition) is 8. The van der Waals surface area contributed by atoms with Gasteiger partial charge in [-0.3, -0.25) is 9.89 Å². The van der Waals surface area contributed by atoms with Gasteiger partial charge in [-0.15, -0.1) is 0 Å². The first-order chi connectivity index (χ1) is 19.1. The smallest absolute Gasteiger partial charge is 0.245 e. The van der Waals surface area contributed by atoms with Gasteiger partial charge in [-0.2, -0.15) is 5.10 Å². The Kier molecular flexibility index (Phi) is 7.30. The number of ether oxygens (including phenoxy) is 1. The van der Waals surface area contributed by atoms with E-state index in [2.05, 4.69) is 63.2 Å². The Morgan fingerprint density at radius 3 is 2.41 bits per heavy atom. The molecule has 0 atom stereocenters. The van der Waals surface area contributed by atoms with Crippen LogP contribution in [0.2, 0.25) is 0 Å². The van der Waals surface area contributed by atoms with E-state index in [1.807, 2.05) is 17.0 Å². The van der Waals surface area contributed by atoms with Crippen molar-refractivity contribution in [2.45, 2.75) is 24.7 Å². The van der Waals surface area contributed by atoms with E-state index >= 15 is 0 Å². The van der Waals surface area contributed by atoms with Gasteiger partial charge in [-0.1, -0.05) is 30.8 Å². The highest BCUT2D eigenvalue weighted by Crippen LogP contribution is 2.31. The van der Waals surface area contributed by atoms with E-state index in [0.29, 0.717) is 17.7 Å². The Morgan fingerprint density at radius 1 is 1.00 bits per heavy atom. The van der Waals surface area contributed by atoms with Gasteiger partial charge in [0.1, 0.15) is 11.6 Å². The van der Waals surface area contributed by atoms with E-state index < -0.39 is 0 Å². The highest BCUT2D eigenvalue weighted by Gasteiger charge is 2.24. The molecule has 3 aromatic rings. The number of aromatic nitrogens is 4. The van der Waals surface area contributed by atoms with Gasteiger partial charge < -0.3 is 24.8 Å². The molecule has 2 aromatic heterocycles. The van der Waals surface area contributed by atoms with Crippen molar-refractivity contribution < 1.29 is 9.53 Å². The lowest BCUT2D eigenvalue weighted by atomic mass is 9.89. The van der Waals surface area contributed by atoms with Crippen molar-refractivity contribution in [2.24, 2.45) is 0 Å². The number of nitrogens with one attached hydrogen (secondary N) is 2. The fourth-order valence-electron chi connectivity index (χ4n) is 5.45. The van der Waals surface area contributed by atoms with Gasteiger partial charge in [-0.25, -0.2) is 9.97 Å². The molecule has 1 amide bonds. The van der Waals surface area contributed by atoms with Gasteiger partial charge in [0.05, 0.1) is 13.2 Å². The van der Waals surface area contributed by atoms with Gasteiger partial charge in [-0.05, 0) is 37.4 Å². The van der Waals surface area contributed by atoms with Crippen LogP contribution in [0.1, 0.15) is 35.9 Å². The minimum absolute atomic E-state index is 0.0220. The third-order valence-corrected chi connectivity index (χ3v) is 8.09. The third kappa shape index (κ3) is 5.67. The van der Waals surface area contributed by atoms with Crippen LogP contribution in [0.5, 0.6) is 0 Å². The molecular weight excluding hydrogens is 492 g/mol. The van der Waals surface area contributed by atoms with Gasteiger partial charge >= 0.3 is 0 Å². The summed E-state index contributed by atoms with van der Waals surface area (Å²) in [5.74, 6) is 3.91. The summed E-state index contributed by atoms with van der Waals surface area (Å²) in [6.07, 6.45) is 3.32. The van der Waals surface area contributed by atoms with Gasteiger partial charge in [0.2, 0.25) is 5.91 Å². The van der Waals surface area contributed by atoms with Crippen molar-refractivity contribution in [1.82, 2.24) is 30.0 Å². The number of likely N-dealkylation sites (tertiary alicyclic amines) is 1. The van der Waals surface area contributed by atoms with Crippen LogP contribution in [-0.2, 0) is 9.53 Å². The minimum Gasteiger partial charge on any atom is -0.380 e. The largest absolute Gasteiger partial charge is 0.380 e. The second-order valence-corrected chi connectivity index (χ2v) is 10.7. The molecule has 204 valence electrons. The molecule has 6 rings (SSSR count). The number of carbonyl (C=O) groups is 1. The predicted octanol–water partition coefficient (Wildman–Crippen LogP) is 3.37. The Bertz CT molecular complexity index is 1300. The molecule has 0 unspecified atom stereocenters. The van der Waals surface area contributed by atoms with Crippen molar-refractivity contribution >= 4 is 23.4 Å². The number of piperidine rings is 1. The summed E-state index contributed by atoms with van der Waals surface area (Å²) >= 11 is 0. The number of aromatic amines is 1. The lowest BCUT2D eigenvalue weighted by Crippen LogP contribution is -2.44. The predicted molar refractivity (Wildman–Crippen MR) is 151 cm³/mol. The SMILES string of the molecule is C=CC(=O)N1CCC(c2ccc(-c3nc(Nc4cc(C5COC5)[nH]n4)cc(N4CCN(C)CC4)n3)cc2)CC1. The average Bonchev–Trinajstić information content (AvgIpc) is 3.39. The van der Waals surface area contributed by atoms with Gasteiger partial charge in [0.15, 0.2) is 11.6 Å². The van der Waals surface area contributed by atoms with E-state index in [4.69, 9.17) is 14.7 Å². The van der Waals surface area contributed by atoms with Gasteiger partial charge in [0, 0.05) is 68.6 Å². The molecule has 39 heavy (non-hydrogen) atoms. The number of benzene rings is 1. The Morgan fingerprint density at radius 2 is 1.74 bits per heavy atom. The molecule has 0 saturated carbocycles. The fraction of sp³-hybridized carbons (Fsp3) is 0.448. The number of amides is 1. The standard InChI is InChI=1S/C29H36N8O2/c1-3-28(38)37-10-8-21(9-11-37)20-4-6-22(7-5-20)29-31-25(17-27(32-29)36-14-12-35(2)13-15-36)30-26-16-24(33-34-26)23-18-39-19-23/h3-7,16-17,21,23H,1,8-15,18-19H2,2H3,(H2,30,31,32,33,34). The van der Waals surface area contributed by atoms with E-state index in [9.17, 15) is 4.79 Å². The van der Waals surface area contributed by atoms with Crippen molar-refractivity contribution in [3.05, 3.63) is 60.3 Å². The molecule has 0 aliphatic carbocycles. The molecule has 0 bridgehead atoms. The quantitative estimate of drug-likeness (QED) is 0.450. The normalized spacial score (nSPS) is 19.1. The van der Waals surface area contributed by atoms with E-state index in [1.54, 1.807) is 0 Å². The zero-order chi connectivity index (χ0) is 26.8. The number of nitrogens with zero attached hydrogens (tertiary/aromatic N) is 6. The average molecular weight is 529 g/mol. The first kappa shape index (κ1) is 25.5. The molecule has 3 saturated heterocycles. The summed E-state index contributed by atoms with van der Waals surface area (Å²) in [6, 6.07) is 12.7. The summed E-state index contributed by atoms with van der Waals surface area (Å²) in [6.45, 7) is 10.5. The topological polar surface area (TPSA) is 103 Å². The van der Waals surface area contributed by atoms with E-state index in [1.165, 1.54) is 11.6 Å². The number of anilines is 3. The summed E-state index contributed by atoms with van der Waals surface area (Å²) in [4.78, 5) is 28.3. The van der Waals surface area contributed by atoms with Crippen LogP contribution in [0.15, 0.2) is 49.1 Å². The Labute approximate surface area is 229 Å². The molecule has 10 nitrogen and oxygen atoms in total. The molecule has 0 spiro atoms. The maximum absolute atomic E-state index is 11.9. The highest BCUT2D eigenvalue weighted by atomic mass is 16.5. The third-order valence-electron chi connectivity index (χ3n) is 8.09. The van der Waals surface area contributed by atoms with E-state index in [-0.39, 0.29) is 5.91 Å². The van der Waals surface area contributed by atoms with Crippen molar-refractivity contribution in [3.8, 4) is 11.4 Å². The first-order valence-electron chi connectivity index (χ1n) is 13.8. The van der Waals surface area contributed by atoms with Crippen molar-refractivity contribution in [1.29, 1.82) is 0 Å². The number of carbonyl (C=O) groups excluding carboxylic acids is 1. The summed E-state index contributed by atoms with van der Waals surface area (Å²) in [7, 11) is 2.15. The van der Waals surface area contributed by atoms with Gasteiger partial charge in [0.25, 0.3) is 0 Å². The van der Waals surface area contributed by atoms with Crippen molar-refractivity contribution in [2.75, 3.05) is 69.7 Å². The number of rotatable bonds is 7. The molecule has 3 aliphatic rings. The second-order valence-electron chi connectivity index (χ2n) is 10.7. The van der Waals surface area contributed by atoms with E-state index in [0.717, 1.165) is 94.0 Å². The van der Waals surface area contributed by atoms with Crippen LogP contribution in [-0.4, -0.2) is 95.4 Å². The molecule has 3 aliphatic heterocycles. The lowest BCUT2D eigenvalue weighted by Gasteiger charge is -2.33. The van der Waals surface area contributed by atoms with Crippen LogP contribution < -0.4 is 10.2 Å². The molecule has 0 radical (unpaired) electrons. The maximum atomic E-state index is 11.9. The summed E-state index contributed by atoms with van der Waals surface area (Å²) in [5, 5.41) is 11.0. The van der Waals surface area contributed by atoms with Crippen molar-refractivity contribution in [3.63, 3.8) is 0 Å². The Hall–Kier alpha value is -3.76. The molecular formula is C29H36N8O2. The summed E-state index contributed by atoms with van der Waals surface area (Å²) in [5.41, 5.74) is 3.35. The zero-order valence-electron chi connectivity index (χ0n) is 22.5. The van der Waals surface area contributed by atoms with Crippen LogP contribution in [0.25, 0.3) is 11.4 Å². The number of piperazine rings is 1. The number of H-pyrrole nitrogens is 1. The monoisotopic (exact) mass is 528 g/mol. The second kappa shape index (κ2) is 11.2. The van der Waals surface area contributed by atoms with Crippen LogP contribution in [0.4, 0.5) is 17.5 Å². The van der Waals surface area contributed by atoms with Crippen LogP contribution in [0, 0.1) is 0 Å². The number of hydrogen-bond donors (Lipinski definition) is 2. The maximum Gasteiger partial charge on any atom is 0.245 e. The lowest BCUT2D eigenvalue weighted by molar-refractivity contribution is -0.127. The molecule has 5 heterocycles. The molecule has 2 N–H and O–H groups in total. The first-order valence-corrected chi connectivity index (χ1v) is 13.8. The Balaban J connectivity index is 1.22. The highest BCUT2D eigenvalue weighted by molar-refractivity contribution is 5.87. The molecule has 1 aromatic carbocycles. The fourth-order valence-corrected chi connectivity index (χ4v) is 5.45. The number of likely N-dealkylation sites (N-methyl/N-ethyl adjacent to an activating group) is 1. The molecule has 3 fully saturated rings. The minimum atomic E-state index is 0.0220. The zero-order valence-corrected chi connectivity index (χ0v) is 22.5. The van der Waals surface area contributed by atoms with Crippen LogP contribution >= 0.6 is 0 Å². The molecule has 10 heteroatoms.